The standard InChI is InChI=1S/C11H15ClN2O3/c1-2-14(6-3-7-15)10-8(11(16)17)4-5-9(12)13-10/h4-5,15H,2-3,6-7H2,1H3,(H,16,17). The van der Waals surface area contributed by atoms with Gasteiger partial charge in [0.15, 0.2) is 0 Å². The van der Waals surface area contributed by atoms with E-state index in [9.17, 15) is 4.79 Å². The molecule has 0 bridgehead atoms. The number of carbonyl (C=O) groups is 1. The Morgan fingerprint density at radius 1 is 1.53 bits per heavy atom. The first-order valence-corrected chi connectivity index (χ1v) is 5.73. The molecule has 0 aliphatic carbocycles. The van der Waals surface area contributed by atoms with Crippen LogP contribution < -0.4 is 4.90 Å². The van der Waals surface area contributed by atoms with Gasteiger partial charge in [0.05, 0.1) is 0 Å². The summed E-state index contributed by atoms with van der Waals surface area (Å²) in [6.45, 7) is 3.10. The number of carboxylic acid groups (broad SMARTS) is 1. The minimum atomic E-state index is -1.04. The van der Waals surface area contributed by atoms with Crippen LogP contribution in [0.2, 0.25) is 5.15 Å². The van der Waals surface area contributed by atoms with Crippen molar-refractivity contribution < 1.29 is 15.0 Å². The lowest BCUT2D eigenvalue weighted by molar-refractivity contribution is 0.0697. The highest BCUT2D eigenvalue weighted by atomic mass is 35.5. The first kappa shape index (κ1) is 13.7. The third kappa shape index (κ3) is 3.57. The predicted octanol–water partition coefficient (Wildman–Crippen LogP) is 1.64. The maximum atomic E-state index is 11.1. The normalized spacial score (nSPS) is 10.3. The van der Waals surface area contributed by atoms with Gasteiger partial charge >= 0.3 is 5.97 Å². The third-order valence-electron chi connectivity index (χ3n) is 2.34. The summed E-state index contributed by atoms with van der Waals surface area (Å²) in [6.07, 6.45) is 0.557. The van der Waals surface area contributed by atoms with Crippen molar-refractivity contribution in [3.63, 3.8) is 0 Å². The Hall–Kier alpha value is -1.33. The second-order valence-corrected chi connectivity index (χ2v) is 3.85. The van der Waals surface area contributed by atoms with Crippen molar-refractivity contribution in [2.75, 3.05) is 24.6 Å². The summed E-state index contributed by atoms with van der Waals surface area (Å²) >= 11 is 5.78. The van der Waals surface area contributed by atoms with Crippen molar-refractivity contribution in [2.24, 2.45) is 0 Å². The Morgan fingerprint density at radius 2 is 2.24 bits per heavy atom. The molecule has 2 N–H and O–H groups in total. The van der Waals surface area contributed by atoms with Crippen LogP contribution in [0.25, 0.3) is 0 Å². The van der Waals surface area contributed by atoms with Crippen molar-refractivity contribution in [1.82, 2.24) is 4.98 Å². The minimum Gasteiger partial charge on any atom is -0.478 e. The Kier molecular flexibility index (Phi) is 5.18. The zero-order chi connectivity index (χ0) is 12.8. The molecule has 0 fully saturated rings. The van der Waals surface area contributed by atoms with Gasteiger partial charge in [-0.3, -0.25) is 0 Å². The lowest BCUT2D eigenvalue weighted by Gasteiger charge is -2.23. The molecule has 94 valence electrons. The molecular weight excluding hydrogens is 244 g/mol. The van der Waals surface area contributed by atoms with E-state index < -0.39 is 5.97 Å². The molecule has 1 aromatic rings. The highest BCUT2D eigenvalue weighted by Crippen LogP contribution is 2.21. The number of aromatic nitrogens is 1. The summed E-state index contributed by atoms with van der Waals surface area (Å²) in [5.74, 6) is -0.687. The number of anilines is 1. The molecule has 1 aromatic heterocycles. The number of carboxylic acids is 1. The number of aromatic carboxylic acids is 1. The van der Waals surface area contributed by atoms with Gasteiger partial charge in [-0.1, -0.05) is 11.6 Å². The van der Waals surface area contributed by atoms with E-state index in [1.807, 2.05) is 6.92 Å². The molecule has 1 rings (SSSR count). The maximum Gasteiger partial charge on any atom is 0.339 e. The van der Waals surface area contributed by atoms with Crippen LogP contribution in [0.1, 0.15) is 23.7 Å². The van der Waals surface area contributed by atoms with Crippen LogP contribution in [0.4, 0.5) is 5.82 Å². The monoisotopic (exact) mass is 258 g/mol. The van der Waals surface area contributed by atoms with E-state index in [4.69, 9.17) is 21.8 Å². The van der Waals surface area contributed by atoms with E-state index in [0.29, 0.717) is 25.3 Å². The van der Waals surface area contributed by atoms with Crippen LogP contribution in [0.5, 0.6) is 0 Å². The molecule has 0 saturated heterocycles. The van der Waals surface area contributed by atoms with Gasteiger partial charge in [-0.15, -0.1) is 0 Å². The Balaban J connectivity index is 3.06. The number of pyridine rings is 1. The minimum absolute atomic E-state index is 0.0550. The van der Waals surface area contributed by atoms with E-state index in [-0.39, 0.29) is 17.3 Å². The van der Waals surface area contributed by atoms with Crippen LogP contribution >= 0.6 is 11.6 Å². The average Bonchev–Trinajstić information content (AvgIpc) is 2.29. The largest absolute Gasteiger partial charge is 0.478 e. The van der Waals surface area contributed by atoms with Gasteiger partial charge in [-0.2, -0.15) is 0 Å². The van der Waals surface area contributed by atoms with Crippen LogP contribution in [-0.4, -0.2) is 40.9 Å². The van der Waals surface area contributed by atoms with Gasteiger partial charge in [-0.05, 0) is 25.5 Å². The summed E-state index contributed by atoms with van der Waals surface area (Å²) in [4.78, 5) is 16.9. The fraction of sp³-hybridized carbons (Fsp3) is 0.455. The van der Waals surface area contributed by atoms with Gasteiger partial charge in [0.1, 0.15) is 16.5 Å². The van der Waals surface area contributed by atoms with E-state index in [1.165, 1.54) is 12.1 Å². The summed E-state index contributed by atoms with van der Waals surface area (Å²) < 4.78 is 0. The summed E-state index contributed by atoms with van der Waals surface area (Å²) in [5, 5.41) is 18.1. The number of aliphatic hydroxyl groups excluding tert-OH is 1. The molecule has 0 amide bonds. The predicted molar refractivity (Wildman–Crippen MR) is 65.8 cm³/mol. The molecule has 0 atom stereocenters. The fourth-order valence-electron chi connectivity index (χ4n) is 1.51. The molecule has 0 saturated carbocycles. The smallest absolute Gasteiger partial charge is 0.339 e. The topological polar surface area (TPSA) is 73.7 Å². The van der Waals surface area contributed by atoms with E-state index in [2.05, 4.69) is 4.98 Å². The van der Waals surface area contributed by atoms with Crippen molar-refractivity contribution >= 4 is 23.4 Å². The van der Waals surface area contributed by atoms with E-state index in [1.54, 1.807) is 4.90 Å². The van der Waals surface area contributed by atoms with E-state index in [0.717, 1.165) is 0 Å². The second kappa shape index (κ2) is 6.42. The van der Waals surface area contributed by atoms with Gasteiger partial charge in [0.25, 0.3) is 0 Å². The molecule has 0 spiro atoms. The molecule has 0 aliphatic heterocycles. The number of hydrogen-bond acceptors (Lipinski definition) is 4. The van der Waals surface area contributed by atoms with Gasteiger partial charge in [0, 0.05) is 19.7 Å². The number of aliphatic hydroxyl groups is 1. The summed E-state index contributed by atoms with van der Waals surface area (Å²) in [5.41, 5.74) is 0.120. The van der Waals surface area contributed by atoms with Crippen LogP contribution in [0.3, 0.4) is 0 Å². The number of hydrogen-bond donors (Lipinski definition) is 2. The van der Waals surface area contributed by atoms with Crippen LogP contribution in [0.15, 0.2) is 12.1 Å². The first-order chi connectivity index (χ1) is 8.10. The van der Waals surface area contributed by atoms with Crippen molar-refractivity contribution in [3.8, 4) is 0 Å². The number of nitrogens with zero attached hydrogens (tertiary/aromatic N) is 2. The number of rotatable bonds is 6. The lowest BCUT2D eigenvalue weighted by Crippen LogP contribution is -2.27. The van der Waals surface area contributed by atoms with E-state index >= 15 is 0 Å². The molecule has 6 heteroatoms. The zero-order valence-corrected chi connectivity index (χ0v) is 10.3. The molecule has 0 aromatic carbocycles. The van der Waals surface area contributed by atoms with Gasteiger partial charge < -0.3 is 15.1 Å². The van der Waals surface area contributed by atoms with Gasteiger partial charge in [-0.25, -0.2) is 9.78 Å². The highest BCUT2D eigenvalue weighted by molar-refractivity contribution is 6.29. The second-order valence-electron chi connectivity index (χ2n) is 3.47. The molecule has 0 radical (unpaired) electrons. The first-order valence-electron chi connectivity index (χ1n) is 5.35. The van der Waals surface area contributed by atoms with Crippen LogP contribution in [-0.2, 0) is 0 Å². The van der Waals surface area contributed by atoms with Crippen molar-refractivity contribution in [2.45, 2.75) is 13.3 Å². The Morgan fingerprint density at radius 3 is 2.76 bits per heavy atom. The SMILES string of the molecule is CCN(CCCO)c1nc(Cl)ccc1C(=O)O. The third-order valence-corrected chi connectivity index (χ3v) is 2.55. The average molecular weight is 259 g/mol. The zero-order valence-electron chi connectivity index (χ0n) is 9.56. The maximum absolute atomic E-state index is 11.1. The summed E-state index contributed by atoms with van der Waals surface area (Å²) in [7, 11) is 0. The molecule has 1 heterocycles. The molecule has 0 aliphatic rings. The summed E-state index contributed by atoms with van der Waals surface area (Å²) in [6, 6.07) is 2.89. The molecular formula is C11H15ClN2O3. The molecule has 5 nitrogen and oxygen atoms in total. The Labute approximate surface area is 105 Å². The van der Waals surface area contributed by atoms with Crippen LogP contribution in [0, 0.1) is 0 Å². The fourth-order valence-corrected chi connectivity index (χ4v) is 1.65. The number of halogens is 1. The quantitative estimate of drug-likeness (QED) is 0.759. The van der Waals surface area contributed by atoms with Crippen molar-refractivity contribution in [3.05, 3.63) is 22.8 Å². The lowest BCUT2D eigenvalue weighted by atomic mass is 10.2. The highest BCUT2D eigenvalue weighted by Gasteiger charge is 2.16. The van der Waals surface area contributed by atoms with Gasteiger partial charge in [0.2, 0.25) is 0 Å². The molecule has 0 unspecified atom stereocenters. The van der Waals surface area contributed by atoms with Crippen molar-refractivity contribution in [1.29, 1.82) is 0 Å². The molecule has 17 heavy (non-hydrogen) atoms. The Bertz CT molecular complexity index is 398.